The zero-order valence-corrected chi connectivity index (χ0v) is 10.9. The maximum absolute atomic E-state index is 11.5. The van der Waals surface area contributed by atoms with Gasteiger partial charge in [0.15, 0.2) is 0 Å². The molecular weight excluding hydrogens is 256 g/mol. The van der Waals surface area contributed by atoms with Crippen LogP contribution in [0.1, 0.15) is 5.56 Å². The van der Waals surface area contributed by atoms with E-state index in [1.165, 1.54) is 6.21 Å². The Balaban J connectivity index is 1.88. The lowest BCUT2D eigenvalue weighted by atomic mass is 10.2. The van der Waals surface area contributed by atoms with E-state index in [-0.39, 0.29) is 0 Å². The summed E-state index contributed by atoms with van der Waals surface area (Å²) in [6.45, 7) is 0. The summed E-state index contributed by atoms with van der Waals surface area (Å²) in [4.78, 5) is 16.2. The first kappa shape index (κ1) is 13.6. The molecule has 1 N–H and O–H groups in total. The minimum Gasteiger partial charge on any atom is -0.497 e. The highest BCUT2D eigenvalue weighted by molar-refractivity contribution is 5.85. The molecule has 0 spiro atoms. The summed E-state index contributed by atoms with van der Waals surface area (Å²) in [6.07, 6.45) is 0.794. The number of hydrogen-bond donors (Lipinski definition) is 1. The Labute approximate surface area is 116 Å². The summed E-state index contributed by atoms with van der Waals surface area (Å²) < 4.78 is 5.08. The highest BCUT2D eigenvalue weighted by Crippen LogP contribution is 2.11. The Hall–Kier alpha value is -2.82. The van der Waals surface area contributed by atoms with Gasteiger partial charge in [-0.2, -0.15) is 0 Å². The molecule has 0 unspecified atom stereocenters. The molecule has 0 aromatic heterocycles. The fourth-order valence-corrected chi connectivity index (χ4v) is 1.52. The van der Waals surface area contributed by atoms with Crippen LogP contribution in [0.15, 0.2) is 59.8 Å². The molecule has 0 radical (unpaired) electrons. The van der Waals surface area contributed by atoms with Gasteiger partial charge in [-0.3, -0.25) is 10.2 Å². The van der Waals surface area contributed by atoms with Crippen molar-refractivity contribution in [1.29, 1.82) is 0 Å². The van der Waals surface area contributed by atoms with Gasteiger partial charge < -0.3 is 4.74 Å². The molecule has 0 bridgehead atoms. The molecule has 5 heteroatoms. The standard InChI is InChI=1S/C15H14N2O3/c1-19-14-9-5-6-12(10-14)11-16-20-15(18)17-13-7-3-2-4-8-13/h2-11H,1H3,(H,17,18)/b16-11+. The normalized spacial score (nSPS) is 10.2. The number of carbonyl (C=O) groups excluding carboxylic acids is 1. The van der Waals surface area contributed by atoms with Crippen LogP contribution >= 0.6 is 0 Å². The van der Waals surface area contributed by atoms with Crippen LogP contribution in [-0.2, 0) is 4.84 Å². The number of amides is 1. The van der Waals surface area contributed by atoms with E-state index in [9.17, 15) is 4.79 Å². The van der Waals surface area contributed by atoms with Crippen molar-refractivity contribution in [1.82, 2.24) is 0 Å². The third-order valence-corrected chi connectivity index (χ3v) is 2.45. The van der Waals surface area contributed by atoms with E-state index in [1.807, 2.05) is 36.4 Å². The van der Waals surface area contributed by atoms with Crippen LogP contribution in [0.2, 0.25) is 0 Å². The maximum atomic E-state index is 11.5. The summed E-state index contributed by atoms with van der Waals surface area (Å²) in [5.74, 6) is 0.711. The second-order valence-corrected chi connectivity index (χ2v) is 3.88. The number of nitrogens with zero attached hydrogens (tertiary/aromatic N) is 1. The Kier molecular flexibility index (Phi) is 4.72. The topological polar surface area (TPSA) is 59.9 Å². The Morgan fingerprint density at radius 3 is 2.70 bits per heavy atom. The van der Waals surface area contributed by atoms with E-state index >= 15 is 0 Å². The summed E-state index contributed by atoms with van der Waals surface area (Å²) in [7, 11) is 1.58. The number of para-hydroxylation sites is 1. The molecule has 0 atom stereocenters. The number of nitrogens with one attached hydrogen (secondary N) is 1. The number of benzene rings is 2. The van der Waals surface area contributed by atoms with E-state index in [1.54, 1.807) is 25.3 Å². The zero-order chi connectivity index (χ0) is 14.2. The second kappa shape index (κ2) is 6.94. The van der Waals surface area contributed by atoms with Gasteiger partial charge in [0.05, 0.1) is 13.3 Å². The molecular formula is C15H14N2O3. The van der Waals surface area contributed by atoms with E-state index in [4.69, 9.17) is 9.57 Å². The maximum Gasteiger partial charge on any atom is 0.437 e. The van der Waals surface area contributed by atoms with Crippen LogP contribution in [0.4, 0.5) is 10.5 Å². The molecule has 0 saturated carbocycles. The van der Waals surface area contributed by atoms with Gasteiger partial charge in [-0.05, 0) is 29.8 Å². The molecule has 2 rings (SSSR count). The number of carbonyl (C=O) groups is 1. The van der Waals surface area contributed by atoms with Gasteiger partial charge in [0, 0.05) is 5.69 Å². The van der Waals surface area contributed by atoms with Crippen molar-refractivity contribution in [3.63, 3.8) is 0 Å². The molecule has 0 aliphatic heterocycles. The molecule has 102 valence electrons. The van der Waals surface area contributed by atoms with Crippen molar-refractivity contribution < 1.29 is 14.4 Å². The number of oxime groups is 1. The lowest BCUT2D eigenvalue weighted by Crippen LogP contribution is -2.10. The molecule has 0 aliphatic carbocycles. The van der Waals surface area contributed by atoms with Gasteiger partial charge in [0.1, 0.15) is 5.75 Å². The third kappa shape index (κ3) is 4.13. The first-order valence-electron chi connectivity index (χ1n) is 5.98. The quantitative estimate of drug-likeness (QED) is 0.527. The Morgan fingerprint density at radius 2 is 1.95 bits per heavy atom. The van der Waals surface area contributed by atoms with Crippen molar-refractivity contribution in [2.24, 2.45) is 5.16 Å². The monoisotopic (exact) mass is 270 g/mol. The molecule has 20 heavy (non-hydrogen) atoms. The van der Waals surface area contributed by atoms with Crippen molar-refractivity contribution in [2.75, 3.05) is 12.4 Å². The minimum absolute atomic E-state index is 0.643. The molecule has 2 aromatic carbocycles. The fourth-order valence-electron chi connectivity index (χ4n) is 1.52. The second-order valence-electron chi connectivity index (χ2n) is 3.88. The first-order valence-corrected chi connectivity index (χ1v) is 5.98. The van der Waals surface area contributed by atoms with Crippen molar-refractivity contribution in [3.8, 4) is 5.75 Å². The van der Waals surface area contributed by atoms with Crippen LogP contribution in [0, 0.1) is 0 Å². The Bertz CT molecular complexity index is 597. The first-order chi connectivity index (χ1) is 9.78. The highest BCUT2D eigenvalue weighted by atomic mass is 16.7. The molecule has 0 heterocycles. The largest absolute Gasteiger partial charge is 0.497 e. The number of methoxy groups -OCH3 is 1. The number of anilines is 1. The summed E-state index contributed by atoms with van der Waals surface area (Å²) in [5, 5.41) is 6.17. The number of hydrogen-bond acceptors (Lipinski definition) is 4. The lowest BCUT2D eigenvalue weighted by Gasteiger charge is -2.02. The average Bonchev–Trinajstić information content (AvgIpc) is 2.48. The summed E-state index contributed by atoms with van der Waals surface area (Å²) in [5.41, 5.74) is 1.42. The van der Waals surface area contributed by atoms with Gasteiger partial charge >= 0.3 is 6.09 Å². The van der Waals surface area contributed by atoms with E-state index < -0.39 is 6.09 Å². The predicted octanol–water partition coefficient (Wildman–Crippen LogP) is 3.28. The van der Waals surface area contributed by atoms with Crippen LogP contribution in [0.25, 0.3) is 0 Å². The fraction of sp³-hybridized carbons (Fsp3) is 0.0667. The Morgan fingerprint density at radius 1 is 1.15 bits per heavy atom. The smallest absolute Gasteiger partial charge is 0.437 e. The van der Waals surface area contributed by atoms with Crippen LogP contribution in [0.3, 0.4) is 0 Å². The molecule has 5 nitrogen and oxygen atoms in total. The molecule has 2 aromatic rings. The molecule has 1 amide bonds. The van der Waals surface area contributed by atoms with E-state index in [0.29, 0.717) is 11.4 Å². The zero-order valence-electron chi connectivity index (χ0n) is 10.9. The average molecular weight is 270 g/mol. The van der Waals surface area contributed by atoms with Gasteiger partial charge in [-0.25, -0.2) is 4.79 Å². The SMILES string of the molecule is COc1cccc(/C=N/OC(=O)Nc2ccccc2)c1. The third-order valence-electron chi connectivity index (χ3n) is 2.45. The van der Waals surface area contributed by atoms with Gasteiger partial charge in [0.25, 0.3) is 0 Å². The van der Waals surface area contributed by atoms with Gasteiger partial charge in [-0.1, -0.05) is 35.5 Å². The van der Waals surface area contributed by atoms with E-state index in [2.05, 4.69) is 10.5 Å². The van der Waals surface area contributed by atoms with Crippen LogP contribution in [0.5, 0.6) is 5.75 Å². The summed E-state index contributed by atoms with van der Waals surface area (Å²) in [6, 6.07) is 16.2. The van der Waals surface area contributed by atoms with Crippen molar-refractivity contribution in [2.45, 2.75) is 0 Å². The van der Waals surface area contributed by atoms with Crippen molar-refractivity contribution >= 4 is 18.0 Å². The van der Waals surface area contributed by atoms with Gasteiger partial charge in [-0.15, -0.1) is 0 Å². The summed E-state index contributed by atoms with van der Waals surface area (Å²) >= 11 is 0. The minimum atomic E-state index is -0.643. The lowest BCUT2D eigenvalue weighted by molar-refractivity contribution is 0.167. The number of rotatable bonds is 4. The molecule has 0 aliphatic rings. The highest BCUT2D eigenvalue weighted by Gasteiger charge is 2.01. The van der Waals surface area contributed by atoms with Crippen LogP contribution < -0.4 is 10.1 Å². The predicted molar refractivity (Wildman–Crippen MR) is 77.1 cm³/mol. The number of ether oxygens (including phenoxy) is 1. The molecule has 0 fully saturated rings. The van der Waals surface area contributed by atoms with Gasteiger partial charge in [0.2, 0.25) is 0 Å². The van der Waals surface area contributed by atoms with Crippen molar-refractivity contribution in [3.05, 3.63) is 60.2 Å². The van der Waals surface area contributed by atoms with Crippen LogP contribution in [-0.4, -0.2) is 19.4 Å². The molecule has 0 saturated heterocycles. The van der Waals surface area contributed by atoms with E-state index in [0.717, 1.165) is 5.56 Å².